The van der Waals surface area contributed by atoms with Gasteiger partial charge in [-0.3, -0.25) is 13.7 Å². The van der Waals surface area contributed by atoms with Crippen LogP contribution >= 0.6 is 0 Å². The molecule has 0 radical (unpaired) electrons. The fourth-order valence-electron chi connectivity index (χ4n) is 8.14. The van der Waals surface area contributed by atoms with Crippen molar-refractivity contribution < 1.29 is 20.3 Å². The van der Waals surface area contributed by atoms with Crippen molar-refractivity contribution in [3.8, 4) is 62.1 Å². The first kappa shape index (κ1) is 27.6. The summed E-state index contributed by atoms with van der Waals surface area (Å²) in [7, 11) is 0. The summed E-state index contributed by atoms with van der Waals surface area (Å²) in [4.78, 5) is 4.72. The van der Waals surface area contributed by atoms with E-state index in [1.54, 1.807) is 0 Å². The molecule has 0 amide bonds. The Labute approximate surface area is 359 Å². The van der Waals surface area contributed by atoms with Crippen molar-refractivity contribution in [2.24, 2.45) is 0 Å². The van der Waals surface area contributed by atoms with E-state index in [0.717, 1.165) is 61.0 Å². The van der Waals surface area contributed by atoms with Crippen LogP contribution in [0, 0.1) is 13.2 Å². The van der Waals surface area contributed by atoms with Crippen LogP contribution in [-0.2, 0) is 0 Å². The van der Waals surface area contributed by atoms with Crippen LogP contribution in [0.25, 0.3) is 83.4 Å². The maximum atomic E-state index is 8.60. The molecule has 0 N–H and O–H groups in total. The number of hydrogen-bond acceptors (Lipinski definition) is 2. The monoisotopic (exact) mass is 778 g/mol. The predicted molar refractivity (Wildman–Crippen MR) is 243 cm³/mol. The third-order valence-corrected chi connectivity index (χ3v) is 10.8. The van der Waals surface area contributed by atoms with Gasteiger partial charge in [0.2, 0.25) is 0 Å². The summed E-state index contributed by atoms with van der Waals surface area (Å²) in [6.07, 6.45) is 5.01. The van der Waals surface area contributed by atoms with Gasteiger partial charge in [-0.1, -0.05) is 158 Å². The lowest BCUT2D eigenvalue weighted by Crippen LogP contribution is -2.31. The Hall–Kier alpha value is -8.02. The number of hydrogen-bond donors (Lipinski definition) is 0. The van der Waals surface area contributed by atoms with Crippen LogP contribution in [0.1, 0.15) is 16.5 Å². The number of aryl methyl sites for hydroxylation is 1. The lowest BCUT2D eigenvalue weighted by Gasteiger charge is -2.17. The molecule has 0 saturated heterocycles. The Morgan fingerprint density at radius 2 is 1.23 bits per heavy atom. The number of para-hydroxylation sites is 4. The van der Waals surface area contributed by atoms with Crippen molar-refractivity contribution in [2.45, 2.75) is 6.85 Å². The van der Waals surface area contributed by atoms with Gasteiger partial charge in [0.15, 0.2) is 0 Å². The summed E-state index contributed by atoms with van der Waals surface area (Å²) >= 11 is 0. The summed E-state index contributed by atoms with van der Waals surface area (Å²) in [5, 5.41) is 1.77. The van der Waals surface area contributed by atoms with E-state index in [4.69, 9.17) is 20.7 Å². The SMILES string of the molecule is [2H]c1c([2H])c([2H])c(-c2cnc(-n3c4ccccc4c4ccc(Oc5cccc(-n6[c-][n+](-c7c(-c8ccccc8)cccc7-c7ccccc7)c7ccccc76)c5)cc43)cc2C([2H])([2H])[2H])c([2H])c1[2H]. The van der Waals surface area contributed by atoms with Crippen molar-refractivity contribution in [1.29, 1.82) is 0 Å². The molecule has 5 heteroatoms. The van der Waals surface area contributed by atoms with Gasteiger partial charge >= 0.3 is 0 Å². The van der Waals surface area contributed by atoms with Crippen molar-refractivity contribution in [1.82, 2.24) is 14.1 Å². The molecule has 0 aliphatic heterocycles. The molecule has 3 heterocycles. The van der Waals surface area contributed by atoms with Crippen molar-refractivity contribution in [2.75, 3.05) is 0 Å². The maximum Gasteiger partial charge on any atom is 0.269 e. The lowest BCUT2D eigenvalue weighted by atomic mass is 9.95. The molecule has 284 valence electrons. The number of pyridine rings is 1. The molecule has 0 atom stereocenters. The molecule has 0 fully saturated rings. The first-order valence-electron chi connectivity index (χ1n) is 23.5. The fourth-order valence-corrected chi connectivity index (χ4v) is 8.14. The second-order valence-corrected chi connectivity index (χ2v) is 14.4. The Kier molecular flexibility index (Phi) is 6.77. The van der Waals surface area contributed by atoms with E-state index in [0.29, 0.717) is 17.0 Å². The normalized spacial score (nSPS) is 13.5. The minimum atomic E-state index is -2.73. The summed E-state index contributed by atoms with van der Waals surface area (Å²) in [6.45, 7) is -2.73. The number of benzene rings is 8. The molecule has 5 nitrogen and oxygen atoms in total. The molecule has 0 aliphatic rings. The number of ether oxygens (including phenoxy) is 1. The van der Waals surface area contributed by atoms with E-state index in [2.05, 4.69) is 89.8 Å². The van der Waals surface area contributed by atoms with E-state index < -0.39 is 37.1 Å². The quantitative estimate of drug-likeness (QED) is 0.114. The van der Waals surface area contributed by atoms with E-state index in [1.165, 1.54) is 12.3 Å². The van der Waals surface area contributed by atoms with Gasteiger partial charge in [-0.25, -0.2) is 4.98 Å². The van der Waals surface area contributed by atoms with Gasteiger partial charge < -0.3 is 4.74 Å². The molecular formula is C55H38N4O. The standard InChI is InChI=1S/C55H38N4O/c1-38-33-54(56-36-49(38)41-21-9-4-10-22-41)59-50-28-12-11-25-47(50)48-32-31-44(35-53(48)59)60-43-24-15-23-42(34-43)57-37-58(52-30-14-13-29-51(52)57)55-45(39-17-5-2-6-18-39)26-16-27-46(55)40-19-7-3-8-20-40/h2-36H,1H3/i1D3,4D,9D,10D,21D,22D. The lowest BCUT2D eigenvalue weighted by molar-refractivity contribution is -0.571. The molecule has 0 spiro atoms. The summed E-state index contributed by atoms with van der Waals surface area (Å²) in [5.74, 6) is 1.36. The highest BCUT2D eigenvalue weighted by Gasteiger charge is 2.20. The largest absolute Gasteiger partial charge is 0.458 e. The Morgan fingerprint density at radius 3 is 2.00 bits per heavy atom. The van der Waals surface area contributed by atoms with E-state index >= 15 is 0 Å². The maximum absolute atomic E-state index is 8.60. The second kappa shape index (κ2) is 14.7. The van der Waals surface area contributed by atoms with Gasteiger partial charge in [0.1, 0.15) is 17.3 Å². The molecular weight excluding hydrogens is 733 g/mol. The minimum Gasteiger partial charge on any atom is -0.458 e. The van der Waals surface area contributed by atoms with Crippen molar-refractivity contribution in [3.05, 3.63) is 224 Å². The predicted octanol–water partition coefficient (Wildman–Crippen LogP) is 13.3. The number of rotatable bonds is 8. The van der Waals surface area contributed by atoms with Crippen molar-refractivity contribution in [3.63, 3.8) is 0 Å². The van der Waals surface area contributed by atoms with Gasteiger partial charge in [-0.05, 0) is 82.7 Å². The molecule has 60 heavy (non-hydrogen) atoms. The third-order valence-electron chi connectivity index (χ3n) is 10.8. The highest BCUT2D eigenvalue weighted by atomic mass is 16.5. The smallest absolute Gasteiger partial charge is 0.269 e. The molecule has 0 saturated carbocycles. The summed E-state index contributed by atoms with van der Waals surface area (Å²) < 4.78 is 80.1. The number of fused-ring (bicyclic) bond motifs is 4. The molecule has 3 aromatic heterocycles. The molecule has 11 rings (SSSR count). The van der Waals surface area contributed by atoms with Gasteiger partial charge in [-0.15, -0.1) is 0 Å². The third kappa shape index (κ3) is 6.12. The van der Waals surface area contributed by atoms with Gasteiger partial charge in [-0.2, -0.15) is 0 Å². The van der Waals surface area contributed by atoms with E-state index in [9.17, 15) is 0 Å². The zero-order valence-electron chi connectivity index (χ0n) is 40.0. The van der Waals surface area contributed by atoms with E-state index in [1.807, 2.05) is 100 Å². The Morgan fingerprint density at radius 1 is 0.567 bits per heavy atom. The minimum absolute atomic E-state index is 0.0642. The Balaban J connectivity index is 1.02. The molecule has 0 aliphatic carbocycles. The van der Waals surface area contributed by atoms with Gasteiger partial charge in [0, 0.05) is 32.7 Å². The Bertz CT molecular complexity index is 3690. The number of nitrogens with zero attached hydrogens (tertiary/aromatic N) is 4. The molecule has 0 unspecified atom stereocenters. The first-order valence-corrected chi connectivity index (χ1v) is 19.5. The van der Waals surface area contributed by atoms with Crippen LogP contribution in [0.3, 0.4) is 0 Å². The van der Waals surface area contributed by atoms with Crippen LogP contribution in [0.2, 0.25) is 0 Å². The molecule has 0 bridgehead atoms. The highest BCUT2D eigenvalue weighted by molar-refractivity contribution is 6.09. The summed E-state index contributed by atoms with van der Waals surface area (Å²) in [5.41, 5.74) is 9.00. The van der Waals surface area contributed by atoms with Crippen LogP contribution in [-0.4, -0.2) is 14.1 Å². The van der Waals surface area contributed by atoms with E-state index in [-0.39, 0.29) is 22.5 Å². The second-order valence-electron chi connectivity index (χ2n) is 14.4. The zero-order chi connectivity index (χ0) is 46.8. The van der Waals surface area contributed by atoms with Crippen LogP contribution in [0.5, 0.6) is 11.5 Å². The number of aromatic nitrogens is 4. The number of imidazole rings is 1. The van der Waals surface area contributed by atoms with Crippen molar-refractivity contribution >= 4 is 32.8 Å². The zero-order valence-corrected chi connectivity index (χ0v) is 32.0. The molecule has 11 aromatic rings. The van der Waals surface area contributed by atoms with Crippen LogP contribution in [0.15, 0.2) is 212 Å². The van der Waals surface area contributed by atoms with Gasteiger partial charge in [0.05, 0.1) is 40.3 Å². The average molecular weight is 779 g/mol. The van der Waals surface area contributed by atoms with Crippen LogP contribution < -0.4 is 9.30 Å². The first-order chi connectivity index (χ1) is 33.0. The van der Waals surface area contributed by atoms with Gasteiger partial charge in [0.25, 0.3) is 6.33 Å². The molecule has 8 aromatic carbocycles. The fraction of sp³-hybridized carbons (Fsp3) is 0.0182. The average Bonchev–Trinajstić information content (AvgIpc) is 3.91. The summed E-state index contributed by atoms with van der Waals surface area (Å²) in [6, 6.07) is 55.4. The van der Waals surface area contributed by atoms with Crippen LogP contribution in [0.4, 0.5) is 0 Å². The highest BCUT2D eigenvalue weighted by Crippen LogP contribution is 2.37. The topological polar surface area (TPSA) is 35.9 Å².